The third-order valence-corrected chi connectivity index (χ3v) is 17.1. The molecule has 15 aromatic rings. The predicted molar refractivity (Wildman–Crippen MR) is 470 cm³/mol. The number of nitrogens with zero attached hydrogens (tertiary/aromatic N) is 7. The summed E-state index contributed by atoms with van der Waals surface area (Å²) < 4.78 is 0. The second kappa shape index (κ2) is 49.8. The fourth-order valence-corrected chi connectivity index (χ4v) is 12.2. The minimum atomic E-state index is -0.125. The van der Waals surface area contributed by atoms with E-state index in [2.05, 4.69) is 228 Å². The van der Waals surface area contributed by atoms with Gasteiger partial charge in [0.15, 0.2) is 11.6 Å². The largest absolute Gasteiger partial charge is 3.00 e. The van der Waals surface area contributed by atoms with Gasteiger partial charge in [0.1, 0.15) is 0 Å². The Bertz CT molecular complexity index is 5450. The van der Waals surface area contributed by atoms with Crippen LogP contribution in [0.4, 0.5) is 11.4 Å². The monoisotopic (exact) mass is 2260 g/mol. The maximum atomic E-state index is 10.0. The van der Waals surface area contributed by atoms with Crippen molar-refractivity contribution in [3.8, 4) is 67.5 Å². The number of hydrogen-bond acceptors (Lipinski definition) is 11. The third-order valence-electron chi connectivity index (χ3n) is 17.1. The first-order chi connectivity index (χ1) is 54.9. The molecule has 0 fully saturated rings. The maximum absolute atomic E-state index is 10.0. The van der Waals surface area contributed by atoms with E-state index >= 15 is 0 Å². The van der Waals surface area contributed by atoms with Gasteiger partial charge in [0.05, 0.1) is 28.4 Å². The maximum Gasteiger partial charge on any atom is 3.00 e. The number of rotatable bonds is 12. The number of pyridine rings is 5. The zero-order valence-corrected chi connectivity index (χ0v) is 77.8. The van der Waals surface area contributed by atoms with E-state index in [0.29, 0.717) is 0 Å². The molecule has 15 rings (SSSR count). The van der Waals surface area contributed by atoms with Crippen molar-refractivity contribution >= 4 is 57.0 Å². The van der Waals surface area contributed by atoms with Crippen molar-refractivity contribution in [1.82, 2.24) is 24.9 Å². The number of hydrogen-bond donors (Lipinski definition) is 2. The van der Waals surface area contributed by atoms with E-state index in [1.807, 2.05) is 176 Å². The van der Waals surface area contributed by atoms with Crippen molar-refractivity contribution in [3.05, 3.63) is 400 Å². The smallest absolute Gasteiger partial charge is 0.512 e. The van der Waals surface area contributed by atoms with Crippen LogP contribution in [0.25, 0.3) is 89.2 Å². The van der Waals surface area contributed by atoms with Crippen LogP contribution in [0.15, 0.2) is 301 Å². The molecule has 0 saturated heterocycles. The molecule has 0 unspecified atom stereocenters. The van der Waals surface area contributed by atoms with Crippen LogP contribution in [0.3, 0.4) is 0 Å². The zero-order chi connectivity index (χ0) is 81.5. The molecule has 0 saturated carbocycles. The Labute approximate surface area is 751 Å². The van der Waals surface area contributed by atoms with Crippen LogP contribution in [0, 0.1) is 112 Å². The summed E-state index contributed by atoms with van der Waals surface area (Å²) in [5.74, 6) is -0.125. The van der Waals surface area contributed by atoms with Crippen LogP contribution in [0.2, 0.25) is 0 Å². The Kier molecular flexibility index (Phi) is 41.1. The Hall–Kier alpha value is -11.1. The van der Waals surface area contributed by atoms with Gasteiger partial charge in [0.2, 0.25) is 0 Å². The molecule has 0 spiro atoms. The van der Waals surface area contributed by atoms with Crippen LogP contribution in [0.1, 0.15) is 94.5 Å². The topological polar surface area (TPSA) is 164 Å². The number of aliphatic imine (C=N–C) groups is 2. The molecular weight excluding hydrogens is 2170 g/mol. The first-order valence-corrected chi connectivity index (χ1v) is 37.3. The fraction of sp³-hybridized carbons (Fsp3) is 0.136. The average molecular weight is 2260 g/mol. The van der Waals surface area contributed by atoms with E-state index in [9.17, 15) is 9.59 Å². The average Bonchev–Trinajstić information content (AvgIpc) is 0.796. The Morgan fingerprint density at radius 1 is 0.364 bits per heavy atom. The molecule has 0 amide bonds. The molecule has 5 aromatic heterocycles. The molecule has 118 heavy (non-hydrogen) atoms. The van der Waals surface area contributed by atoms with Crippen molar-refractivity contribution in [2.45, 2.75) is 96.9 Å². The number of fused-ring (bicyclic) bond motifs is 2. The summed E-state index contributed by atoms with van der Waals surface area (Å²) in [7, 11) is 0. The second-order valence-electron chi connectivity index (χ2n) is 27.4. The van der Waals surface area contributed by atoms with Gasteiger partial charge in [-0.3, -0.25) is 24.5 Å². The van der Waals surface area contributed by atoms with Crippen LogP contribution in [0.5, 0.6) is 0 Å². The van der Waals surface area contributed by atoms with Crippen LogP contribution >= 0.6 is 0 Å². The number of carbonyl (C=O) groups is 2. The van der Waals surface area contributed by atoms with Crippen molar-refractivity contribution in [2.75, 3.05) is 0 Å². The first kappa shape index (κ1) is 97.4. The summed E-state index contributed by atoms with van der Waals surface area (Å²) in [6, 6.07) is 106. The number of ketones is 2. The standard InChI is InChI=1S/C20H14N2.C19H15N.C18H15N2.2C18H16N.2C5H8O2.3Ir.Pt/c1-3-9-17(10-4-1)15-21-19-13-7-8-14-20(19)22-16-18-11-5-2-6-12-18;1-14-13-15(2)19(17-11-7-4-8-12-17)20-18(14)16-9-5-3-6-10-16;1-13-11-14(2)16(18-8-4-6-10-20-18)12-15(13)17-7-3-5-9-19-17;1-12-4-5-15-6-7-17(19-18(15)11-12)16-9-13(2)8-14(3)10-16;1-12-4-5-17-15(9-12)6-7-19-18(17)16-10-13(2)8-14(3)11-16;2*1-4(6)3-5(2)7;;;;/h1-9,11,13-16H;3-9,11,13H,1-2H3;3-11H,1-2H3;4-9,11H,1-3H3;4-10H,1-3H3;2*3,6H,1-2H3;;;;/q2*-2;3*-1;;;;;+3;+2. The summed E-state index contributed by atoms with van der Waals surface area (Å²) >= 11 is 0. The summed E-state index contributed by atoms with van der Waals surface area (Å²) in [5.41, 5.74) is 28.8. The number of benzene rings is 10. The van der Waals surface area contributed by atoms with Crippen LogP contribution in [-0.2, 0) is 91.0 Å². The molecule has 0 aliphatic rings. The molecule has 0 atom stereocenters. The number of aliphatic hydroxyl groups is 2. The van der Waals surface area contributed by atoms with Crippen molar-refractivity contribution in [1.29, 1.82) is 0 Å². The normalized spacial score (nSPS) is 10.5. The molecule has 10 aromatic carbocycles. The van der Waals surface area contributed by atoms with E-state index in [4.69, 9.17) is 20.2 Å². The fourth-order valence-electron chi connectivity index (χ4n) is 12.2. The van der Waals surface area contributed by atoms with Gasteiger partial charge in [-0.1, -0.05) is 154 Å². The summed E-state index contributed by atoms with van der Waals surface area (Å²) in [6.07, 6.45) is 11.4. The molecule has 5 heterocycles. The Morgan fingerprint density at radius 2 is 0.805 bits per heavy atom. The van der Waals surface area contributed by atoms with Crippen molar-refractivity contribution < 1.29 is 101 Å². The molecule has 0 aliphatic heterocycles. The molecule has 15 heteroatoms. The first-order valence-electron chi connectivity index (χ1n) is 37.3. The summed E-state index contributed by atoms with van der Waals surface area (Å²) in [5, 5.41) is 20.3. The van der Waals surface area contributed by atoms with Gasteiger partial charge in [-0.05, 0) is 149 Å². The molecule has 602 valence electrons. The van der Waals surface area contributed by atoms with Gasteiger partial charge < -0.3 is 30.2 Å². The minimum Gasteiger partial charge on any atom is -0.512 e. The number of aryl methyl sites for hydroxylation is 10. The van der Waals surface area contributed by atoms with Crippen molar-refractivity contribution in [3.63, 3.8) is 0 Å². The van der Waals surface area contributed by atoms with Gasteiger partial charge in [0, 0.05) is 82.3 Å². The number of para-hydroxylation sites is 2. The van der Waals surface area contributed by atoms with Gasteiger partial charge in [0.25, 0.3) is 0 Å². The van der Waals surface area contributed by atoms with E-state index in [-0.39, 0.29) is 104 Å². The zero-order valence-electron chi connectivity index (χ0n) is 68.4. The number of allylic oxidation sites excluding steroid dienone is 4. The van der Waals surface area contributed by atoms with E-state index in [0.717, 1.165) is 107 Å². The molecule has 11 nitrogen and oxygen atoms in total. The minimum absolute atomic E-state index is 0. The molecule has 0 aliphatic carbocycles. The molecular formula is C103H92Ir3N7O4Pt-2. The second-order valence-corrected chi connectivity index (χ2v) is 27.4. The van der Waals surface area contributed by atoms with Gasteiger partial charge in [-0.15, -0.1) is 237 Å². The SMILES string of the molecule is CC(=O)C=C(C)O.CC(=O)C=C(C)O.Cc1[c-]c(-c2ccc3ccc(C)cc3n2)cc(C)c1.Cc1[c-]c(-c2nccc3cc(C)ccc23)cc(C)c1.Cc1cc(C)c(-c2[c-]cccc2)nc1-c1[c-]cccc1.Cc1cc(C)c(-c2ccccn2)[c-]c1-c1ccccn1.[Ir+3].[Ir].[Ir].[Pt+2].[c-]1ccccc1C=Nc1ccccc1N=Cc1[c-]cccc1. The summed E-state index contributed by atoms with van der Waals surface area (Å²) in [4.78, 5) is 52.1. The number of aromatic nitrogens is 5. The Morgan fingerprint density at radius 3 is 1.25 bits per heavy atom. The Balaban J connectivity index is 0.000000250. The summed E-state index contributed by atoms with van der Waals surface area (Å²) in [6.45, 7) is 26.6. The van der Waals surface area contributed by atoms with Gasteiger partial charge in [-0.2, -0.15) is 0 Å². The van der Waals surface area contributed by atoms with Crippen molar-refractivity contribution in [2.24, 2.45) is 9.98 Å². The van der Waals surface area contributed by atoms with Crippen LogP contribution < -0.4 is 0 Å². The molecule has 2 N–H and O–H groups in total. The number of aliphatic hydroxyl groups excluding tert-OH is 2. The predicted octanol–water partition coefficient (Wildman–Crippen LogP) is 25.0. The molecule has 0 bridgehead atoms. The van der Waals surface area contributed by atoms with E-state index in [1.54, 1.807) is 12.4 Å². The van der Waals surface area contributed by atoms with E-state index in [1.165, 1.54) is 101 Å². The number of carbonyl (C=O) groups excluding carboxylic acids is 2. The molecule has 2 radical (unpaired) electrons. The van der Waals surface area contributed by atoms with Crippen LogP contribution in [-0.4, -0.2) is 59.1 Å². The van der Waals surface area contributed by atoms with E-state index < -0.39 is 0 Å². The quantitative estimate of drug-likeness (QED) is 0.0524. The third kappa shape index (κ3) is 31.1. The van der Waals surface area contributed by atoms with Gasteiger partial charge >= 0.3 is 41.2 Å². The van der Waals surface area contributed by atoms with Gasteiger partial charge in [-0.25, -0.2) is 0 Å².